The Labute approximate surface area is 118 Å². The third-order valence-corrected chi connectivity index (χ3v) is 4.39. The Balaban J connectivity index is 1.62. The molecule has 2 N–H and O–H groups in total. The van der Waals surface area contributed by atoms with E-state index in [2.05, 4.69) is 27.4 Å². The lowest BCUT2D eigenvalue weighted by Gasteiger charge is -2.35. The molecule has 2 rings (SSSR count). The van der Waals surface area contributed by atoms with E-state index in [0.29, 0.717) is 0 Å². The number of hydrogen-bond donors (Lipinski definition) is 2. The maximum absolute atomic E-state index is 4.29. The first-order chi connectivity index (χ1) is 9.33. The van der Waals surface area contributed by atoms with Crippen LogP contribution in [0.2, 0.25) is 0 Å². The van der Waals surface area contributed by atoms with Crippen LogP contribution in [-0.4, -0.2) is 50.1 Å². The Hall–Kier alpha value is -0.770. The average molecular weight is 266 g/mol. The zero-order chi connectivity index (χ0) is 13.5. The molecule has 0 radical (unpaired) electrons. The summed E-state index contributed by atoms with van der Waals surface area (Å²) in [6.07, 6.45) is 8.21. The number of likely N-dealkylation sites (tertiary alicyclic amines) is 1. The van der Waals surface area contributed by atoms with Crippen molar-refractivity contribution >= 4 is 5.96 Å². The summed E-state index contributed by atoms with van der Waals surface area (Å²) < 4.78 is 0. The van der Waals surface area contributed by atoms with Crippen LogP contribution < -0.4 is 10.6 Å². The highest BCUT2D eigenvalue weighted by Crippen LogP contribution is 2.27. The molecule has 0 aromatic rings. The first kappa shape index (κ1) is 14.6. The van der Waals surface area contributed by atoms with Crippen molar-refractivity contribution in [2.75, 3.05) is 33.2 Å². The lowest BCUT2D eigenvalue weighted by molar-refractivity contribution is 0.147. The predicted molar refractivity (Wildman–Crippen MR) is 81.6 cm³/mol. The molecule has 19 heavy (non-hydrogen) atoms. The van der Waals surface area contributed by atoms with Gasteiger partial charge in [0.1, 0.15) is 0 Å². The Morgan fingerprint density at radius 3 is 2.74 bits per heavy atom. The lowest BCUT2D eigenvalue weighted by atomic mass is 10.0. The molecule has 1 aliphatic heterocycles. The third-order valence-electron chi connectivity index (χ3n) is 4.39. The summed E-state index contributed by atoms with van der Waals surface area (Å²) in [6.45, 7) is 6.81. The third kappa shape index (κ3) is 5.01. The number of nitrogens with zero attached hydrogens (tertiary/aromatic N) is 2. The lowest BCUT2D eigenvalue weighted by Crippen LogP contribution is -2.46. The van der Waals surface area contributed by atoms with Gasteiger partial charge in [-0.25, -0.2) is 0 Å². The van der Waals surface area contributed by atoms with Crippen LogP contribution in [0, 0.1) is 5.92 Å². The molecule has 110 valence electrons. The van der Waals surface area contributed by atoms with Crippen molar-refractivity contribution in [1.82, 2.24) is 15.5 Å². The van der Waals surface area contributed by atoms with E-state index in [4.69, 9.17) is 0 Å². The largest absolute Gasteiger partial charge is 0.356 e. The predicted octanol–water partition coefficient (Wildman–Crippen LogP) is 1.83. The Bertz CT molecular complexity index is 286. The summed E-state index contributed by atoms with van der Waals surface area (Å²) in [4.78, 5) is 6.93. The first-order valence-corrected chi connectivity index (χ1v) is 8.02. The van der Waals surface area contributed by atoms with Crippen molar-refractivity contribution in [3.8, 4) is 0 Å². The first-order valence-electron chi connectivity index (χ1n) is 8.02. The van der Waals surface area contributed by atoms with E-state index in [1.807, 2.05) is 7.05 Å². The summed E-state index contributed by atoms with van der Waals surface area (Å²) in [5.74, 6) is 1.86. The fourth-order valence-electron chi connectivity index (χ4n) is 2.92. The van der Waals surface area contributed by atoms with Crippen molar-refractivity contribution in [1.29, 1.82) is 0 Å². The minimum Gasteiger partial charge on any atom is -0.356 e. The molecule has 4 nitrogen and oxygen atoms in total. The SMILES string of the molecule is CCC1CCCCN1CCNC(=NC)NCC1CC1. The Morgan fingerprint density at radius 2 is 2.05 bits per heavy atom. The molecule has 2 fully saturated rings. The number of aliphatic imine (C=N–C) groups is 1. The molecule has 1 saturated heterocycles. The average Bonchev–Trinajstić information content (AvgIpc) is 3.27. The zero-order valence-electron chi connectivity index (χ0n) is 12.6. The van der Waals surface area contributed by atoms with E-state index in [1.54, 1.807) is 0 Å². The minimum atomic E-state index is 0.803. The normalized spacial score (nSPS) is 25.4. The van der Waals surface area contributed by atoms with Crippen molar-refractivity contribution in [2.24, 2.45) is 10.9 Å². The van der Waals surface area contributed by atoms with E-state index < -0.39 is 0 Å². The topological polar surface area (TPSA) is 39.7 Å². The van der Waals surface area contributed by atoms with Crippen LogP contribution in [0.25, 0.3) is 0 Å². The van der Waals surface area contributed by atoms with Gasteiger partial charge in [0.05, 0.1) is 0 Å². The molecule has 0 bridgehead atoms. The van der Waals surface area contributed by atoms with Gasteiger partial charge < -0.3 is 10.6 Å². The highest BCUT2D eigenvalue weighted by molar-refractivity contribution is 5.79. The zero-order valence-corrected chi connectivity index (χ0v) is 12.6. The van der Waals surface area contributed by atoms with E-state index >= 15 is 0 Å². The number of piperidine rings is 1. The van der Waals surface area contributed by atoms with Gasteiger partial charge in [0.25, 0.3) is 0 Å². The van der Waals surface area contributed by atoms with Crippen LogP contribution >= 0.6 is 0 Å². The van der Waals surface area contributed by atoms with Crippen LogP contribution in [0.3, 0.4) is 0 Å². The van der Waals surface area contributed by atoms with E-state index in [1.165, 1.54) is 45.1 Å². The fraction of sp³-hybridized carbons (Fsp3) is 0.933. The smallest absolute Gasteiger partial charge is 0.191 e. The van der Waals surface area contributed by atoms with Gasteiger partial charge in [0, 0.05) is 32.7 Å². The standard InChI is InChI=1S/C15H30N4/c1-3-14-6-4-5-10-19(14)11-9-17-15(16-2)18-12-13-7-8-13/h13-14H,3-12H2,1-2H3,(H2,16,17,18). The number of hydrogen-bond acceptors (Lipinski definition) is 2. The number of guanidine groups is 1. The van der Waals surface area contributed by atoms with Gasteiger partial charge in [-0.05, 0) is 44.6 Å². The molecule has 2 aliphatic rings. The van der Waals surface area contributed by atoms with Gasteiger partial charge in [-0.2, -0.15) is 0 Å². The van der Waals surface area contributed by atoms with Crippen molar-refractivity contribution < 1.29 is 0 Å². The van der Waals surface area contributed by atoms with Crippen molar-refractivity contribution in [2.45, 2.75) is 51.5 Å². The summed E-state index contributed by atoms with van der Waals surface area (Å²) in [7, 11) is 1.86. The molecule has 0 spiro atoms. The van der Waals surface area contributed by atoms with E-state index in [9.17, 15) is 0 Å². The molecule has 1 unspecified atom stereocenters. The van der Waals surface area contributed by atoms with Crippen LogP contribution in [-0.2, 0) is 0 Å². The van der Waals surface area contributed by atoms with Gasteiger partial charge in [0.15, 0.2) is 5.96 Å². The van der Waals surface area contributed by atoms with Crippen molar-refractivity contribution in [3.05, 3.63) is 0 Å². The van der Waals surface area contributed by atoms with Crippen LogP contribution in [0.5, 0.6) is 0 Å². The van der Waals surface area contributed by atoms with Crippen LogP contribution in [0.4, 0.5) is 0 Å². The molecule has 4 heteroatoms. The molecular weight excluding hydrogens is 236 g/mol. The number of nitrogens with one attached hydrogen (secondary N) is 2. The summed E-state index contributed by atoms with van der Waals surface area (Å²) in [5.41, 5.74) is 0. The van der Waals surface area contributed by atoms with E-state index in [-0.39, 0.29) is 0 Å². The maximum Gasteiger partial charge on any atom is 0.191 e. The highest BCUT2D eigenvalue weighted by Gasteiger charge is 2.22. The van der Waals surface area contributed by atoms with Crippen molar-refractivity contribution in [3.63, 3.8) is 0 Å². The summed E-state index contributed by atoms with van der Waals surface area (Å²) >= 11 is 0. The molecule has 0 aromatic carbocycles. The molecule has 1 saturated carbocycles. The quantitative estimate of drug-likeness (QED) is 0.569. The fourth-order valence-corrected chi connectivity index (χ4v) is 2.92. The second-order valence-electron chi connectivity index (χ2n) is 5.92. The molecule has 1 heterocycles. The minimum absolute atomic E-state index is 0.803. The summed E-state index contributed by atoms with van der Waals surface area (Å²) in [6, 6.07) is 0.803. The van der Waals surface area contributed by atoms with Gasteiger partial charge in [-0.1, -0.05) is 13.3 Å². The molecule has 0 aromatic heterocycles. The van der Waals surface area contributed by atoms with Crippen LogP contribution in [0.15, 0.2) is 4.99 Å². The van der Waals surface area contributed by atoms with Gasteiger partial charge in [-0.3, -0.25) is 9.89 Å². The Kier molecular flexibility index (Phi) is 5.95. The molecule has 0 amide bonds. The van der Waals surface area contributed by atoms with Gasteiger partial charge in [0.2, 0.25) is 0 Å². The summed E-state index contributed by atoms with van der Waals surface area (Å²) in [5, 5.41) is 6.86. The van der Waals surface area contributed by atoms with E-state index in [0.717, 1.165) is 37.6 Å². The van der Waals surface area contributed by atoms with Gasteiger partial charge >= 0.3 is 0 Å². The monoisotopic (exact) mass is 266 g/mol. The molecular formula is C15H30N4. The second-order valence-corrected chi connectivity index (χ2v) is 5.92. The maximum atomic E-state index is 4.29. The van der Waals surface area contributed by atoms with Crippen LogP contribution in [0.1, 0.15) is 45.4 Å². The molecule has 1 atom stereocenters. The van der Waals surface area contributed by atoms with Gasteiger partial charge in [-0.15, -0.1) is 0 Å². The molecule has 1 aliphatic carbocycles. The second kappa shape index (κ2) is 7.73. The Morgan fingerprint density at radius 1 is 1.21 bits per heavy atom. The number of rotatable bonds is 6. The highest BCUT2D eigenvalue weighted by atomic mass is 15.2.